The van der Waals surface area contributed by atoms with Crippen LogP contribution in [0.3, 0.4) is 0 Å². The van der Waals surface area contributed by atoms with Crippen LogP contribution in [0.5, 0.6) is 0 Å². The van der Waals surface area contributed by atoms with Crippen molar-refractivity contribution in [2.75, 3.05) is 24.5 Å². The Morgan fingerprint density at radius 2 is 1.71 bits per heavy atom. The van der Waals surface area contributed by atoms with Crippen LogP contribution in [0.4, 0.5) is 11.4 Å². The fourth-order valence-corrected chi connectivity index (χ4v) is 7.82. The first-order valence-electron chi connectivity index (χ1n) is 18.3. The molecule has 0 saturated carbocycles. The van der Waals surface area contributed by atoms with E-state index in [9.17, 15) is 22.6 Å². The van der Waals surface area contributed by atoms with Crippen molar-refractivity contribution in [3.8, 4) is 0 Å². The number of anilines is 1. The molecule has 0 spiro atoms. The highest BCUT2D eigenvalue weighted by atomic mass is 32.2. The number of amides is 2. The van der Waals surface area contributed by atoms with Crippen molar-refractivity contribution in [2.45, 2.75) is 109 Å². The van der Waals surface area contributed by atoms with E-state index < -0.39 is 15.5 Å². The van der Waals surface area contributed by atoms with Crippen molar-refractivity contribution in [3.05, 3.63) is 89.2 Å². The highest BCUT2D eigenvalue weighted by Crippen LogP contribution is 2.48. The molecule has 51 heavy (non-hydrogen) atoms. The molecular weight excluding hydrogens is 661 g/mol. The summed E-state index contributed by atoms with van der Waals surface area (Å²) in [5, 5.41) is 2.97. The molecule has 9 nitrogen and oxygen atoms in total. The molecule has 0 radical (unpaired) electrons. The van der Waals surface area contributed by atoms with E-state index in [4.69, 9.17) is 5.73 Å². The van der Waals surface area contributed by atoms with E-state index >= 15 is 0 Å². The maximum absolute atomic E-state index is 12.4. The molecule has 0 unspecified atom stereocenters. The van der Waals surface area contributed by atoms with Gasteiger partial charge >= 0.3 is 0 Å². The number of nitrogens with two attached hydrogens (primary N) is 1. The predicted octanol–water partition coefficient (Wildman–Crippen LogP) is 7.40. The first-order chi connectivity index (χ1) is 24.0. The Morgan fingerprint density at radius 3 is 2.39 bits per heavy atom. The number of hydrogen-bond donors (Lipinski definition) is 3. The van der Waals surface area contributed by atoms with Crippen LogP contribution in [0.15, 0.2) is 77.4 Å². The zero-order chi connectivity index (χ0) is 37.6. The van der Waals surface area contributed by atoms with Crippen LogP contribution >= 0.6 is 0 Å². The second-order valence-electron chi connectivity index (χ2n) is 15.0. The van der Waals surface area contributed by atoms with E-state index in [1.165, 1.54) is 28.6 Å². The van der Waals surface area contributed by atoms with Crippen molar-refractivity contribution in [1.82, 2.24) is 5.32 Å². The van der Waals surface area contributed by atoms with E-state index in [0.29, 0.717) is 19.5 Å². The van der Waals surface area contributed by atoms with Gasteiger partial charge < -0.3 is 16.0 Å². The number of likely N-dealkylation sites (N-methyl/N-ethyl adjacent to an activating group) is 1. The quantitative estimate of drug-likeness (QED) is 0.0676. The number of nitrogens with zero attached hydrogens (tertiary/aromatic N) is 2. The topological polar surface area (TPSA) is 133 Å². The van der Waals surface area contributed by atoms with E-state index in [1.807, 2.05) is 19.1 Å². The summed E-state index contributed by atoms with van der Waals surface area (Å²) in [5.74, 6) is -0.407. The summed E-state index contributed by atoms with van der Waals surface area (Å²) in [6, 6.07) is 11.5. The number of fused-ring (bicyclic) bond motifs is 2. The third kappa shape index (κ3) is 9.26. The summed E-state index contributed by atoms with van der Waals surface area (Å²) in [6.45, 7) is 17.0. The summed E-state index contributed by atoms with van der Waals surface area (Å²) < 4.78 is 36.1. The number of allylic oxidation sites excluding steroid dienone is 6. The molecule has 0 aromatic heterocycles. The lowest BCUT2D eigenvalue weighted by molar-refractivity contribution is -0.438. The SMILES string of the molecule is CCN1C(=CC=CC=CC2=[N+](CCCCCC(=O)NCCCC[C@@H](C)C(N)=O)c3ccc(S(=O)(=O)O)cc3C2(C)C)C(C)(C)c2cc(C)ccc21. The Labute approximate surface area is 305 Å². The minimum absolute atomic E-state index is 0.0299. The van der Waals surface area contributed by atoms with Gasteiger partial charge in [-0.1, -0.05) is 63.1 Å². The van der Waals surface area contributed by atoms with Crippen LogP contribution in [0.1, 0.15) is 103 Å². The number of rotatable bonds is 17. The third-order valence-electron chi connectivity index (χ3n) is 10.4. The molecule has 1 atom stereocenters. The van der Waals surface area contributed by atoms with Gasteiger partial charge in [0.05, 0.1) is 10.3 Å². The first-order valence-corrected chi connectivity index (χ1v) is 19.7. The van der Waals surface area contributed by atoms with Crippen LogP contribution in [0, 0.1) is 12.8 Å². The summed E-state index contributed by atoms with van der Waals surface area (Å²) >= 11 is 0. The molecule has 0 aliphatic carbocycles. The molecule has 2 heterocycles. The van der Waals surface area contributed by atoms with Gasteiger partial charge in [0.1, 0.15) is 6.54 Å². The van der Waals surface area contributed by atoms with Gasteiger partial charge in [0.2, 0.25) is 17.5 Å². The van der Waals surface area contributed by atoms with E-state index in [0.717, 1.165) is 62.0 Å². The fraction of sp³-hybridized carbons (Fsp3) is 0.488. The number of hydrogen-bond acceptors (Lipinski definition) is 5. The van der Waals surface area contributed by atoms with Gasteiger partial charge in [-0.25, -0.2) is 0 Å². The molecule has 2 aliphatic rings. The van der Waals surface area contributed by atoms with Crippen molar-refractivity contribution in [3.63, 3.8) is 0 Å². The second-order valence-corrected chi connectivity index (χ2v) is 16.4. The molecule has 0 saturated heterocycles. The molecule has 2 aromatic carbocycles. The van der Waals surface area contributed by atoms with Gasteiger partial charge in [-0.3, -0.25) is 14.1 Å². The van der Waals surface area contributed by atoms with Gasteiger partial charge in [-0.2, -0.15) is 13.0 Å². The van der Waals surface area contributed by atoms with Crippen LogP contribution in [0.25, 0.3) is 0 Å². The molecule has 2 aromatic rings. The number of primary amides is 1. The van der Waals surface area contributed by atoms with Gasteiger partial charge in [0, 0.05) is 66.4 Å². The number of benzene rings is 2. The number of nitrogens with one attached hydrogen (secondary N) is 1. The summed E-state index contributed by atoms with van der Waals surface area (Å²) in [5.41, 5.74) is 12.6. The molecule has 2 aliphatic heterocycles. The number of carbonyl (C=O) groups excluding carboxylic acids is 2. The standard InChI is InChI=1S/C41H56N4O5S/c1-8-44-34-23-21-29(2)27-32(34)40(4,5)36(44)18-11-9-12-19-37-41(6,7)33-28-31(51(48,49)50)22-24-35(33)45(37)26-16-10-13-20-38(46)43-25-15-14-17-30(3)39(42)47/h9,11-12,18-19,21-24,27-28,30H,8,10,13-17,20,25-26H2,1-7H3,(H3-,42,43,46,47,48,49,50)/p+1/t30-/m1/s1. The van der Waals surface area contributed by atoms with Gasteiger partial charge in [-0.05, 0) is 83.2 Å². The summed E-state index contributed by atoms with van der Waals surface area (Å²) in [4.78, 5) is 25.8. The normalized spacial score (nSPS) is 17.8. The predicted molar refractivity (Wildman–Crippen MR) is 206 cm³/mol. The number of carbonyl (C=O) groups is 2. The van der Waals surface area contributed by atoms with E-state index in [2.05, 4.69) is 92.8 Å². The zero-order valence-corrected chi connectivity index (χ0v) is 32.3. The lowest BCUT2D eigenvalue weighted by Crippen LogP contribution is -2.28. The minimum Gasteiger partial charge on any atom is -0.369 e. The molecular formula is C41H57N4O5S+. The Kier molecular flexibility index (Phi) is 12.9. The minimum atomic E-state index is -4.35. The monoisotopic (exact) mass is 717 g/mol. The molecule has 2 amide bonds. The highest BCUT2D eigenvalue weighted by Gasteiger charge is 2.45. The molecule has 4 N–H and O–H groups in total. The lowest BCUT2D eigenvalue weighted by atomic mass is 9.81. The molecule has 276 valence electrons. The van der Waals surface area contributed by atoms with Gasteiger partial charge in [0.25, 0.3) is 10.1 Å². The number of aryl methyl sites for hydroxylation is 1. The molecule has 4 rings (SSSR count). The van der Waals surface area contributed by atoms with Crippen molar-refractivity contribution in [1.29, 1.82) is 0 Å². The third-order valence-corrected chi connectivity index (χ3v) is 11.3. The summed E-state index contributed by atoms with van der Waals surface area (Å²) in [7, 11) is -4.35. The first kappa shape index (κ1) is 39.8. The maximum Gasteiger partial charge on any atom is 0.294 e. The van der Waals surface area contributed by atoms with Gasteiger partial charge in [-0.15, -0.1) is 0 Å². The van der Waals surface area contributed by atoms with E-state index in [1.54, 1.807) is 12.1 Å². The highest BCUT2D eigenvalue weighted by molar-refractivity contribution is 7.85. The Hall–Kier alpha value is -4.02. The van der Waals surface area contributed by atoms with Crippen LogP contribution in [-0.2, 0) is 30.5 Å². The maximum atomic E-state index is 12.4. The zero-order valence-electron chi connectivity index (χ0n) is 31.5. The molecule has 10 heteroatoms. The lowest BCUT2D eigenvalue weighted by Gasteiger charge is -2.25. The fourth-order valence-electron chi connectivity index (χ4n) is 7.31. The summed E-state index contributed by atoms with van der Waals surface area (Å²) in [6.07, 6.45) is 15.7. The van der Waals surface area contributed by atoms with E-state index in [-0.39, 0.29) is 28.0 Å². The Balaban J connectivity index is 1.45. The van der Waals surface area contributed by atoms with Gasteiger partial charge in [0.15, 0.2) is 5.71 Å². The van der Waals surface area contributed by atoms with Crippen LogP contribution in [-0.4, -0.2) is 54.7 Å². The Bertz CT molecular complexity index is 1850. The largest absolute Gasteiger partial charge is 0.369 e. The average molecular weight is 718 g/mol. The number of unbranched alkanes of at least 4 members (excludes halogenated alkanes) is 3. The average Bonchev–Trinajstić information content (AvgIpc) is 3.41. The Morgan fingerprint density at radius 1 is 0.961 bits per heavy atom. The van der Waals surface area contributed by atoms with Crippen molar-refractivity contribution >= 4 is 39.0 Å². The van der Waals surface area contributed by atoms with Crippen molar-refractivity contribution in [2.24, 2.45) is 11.7 Å². The van der Waals surface area contributed by atoms with Crippen LogP contribution < -0.4 is 16.0 Å². The molecule has 0 fully saturated rings. The van der Waals surface area contributed by atoms with Crippen molar-refractivity contribution < 1.29 is 27.1 Å². The smallest absolute Gasteiger partial charge is 0.294 e. The second kappa shape index (κ2) is 16.5. The van der Waals surface area contributed by atoms with Crippen LogP contribution in [0.2, 0.25) is 0 Å². The molecule has 0 bridgehead atoms.